The van der Waals surface area contributed by atoms with E-state index >= 15 is 0 Å². The SMILES string of the molecule is CSC1CCCC1NC(=O)c1cccc(C#CCO)c1. The average Bonchev–Trinajstić information content (AvgIpc) is 2.92. The first-order chi connectivity index (χ1) is 9.74. The van der Waals surface area contributed by atoms with Crippen LogP contribution in [0.5, 0.6) is 0 Å². The highest BCUT2D eigenvalue weighted by atomic mass is 32.2. The molecule has 1 aliphatic rings. The Morgan fingerprint density at radius 2 is 2.35 bits per heavy atom. The van der Waals surface area contributed by atoms with E-state index in [1.54, 1.807) is 12.1 Å². The molecule has 0 aromatic heterocycles. The predicted molar refractivity (Wildman–Crippen MR) is 82.8 cm³/mol. The molecule has 20 heavy (non-hydrogen) atoms. The van der Waals surface area contributed by atoms with Crippen LogP contribution in [-0.4, -0.2) is 35.2 Å². The molecule has 1 aromatic carbocycles. The maximum absolute atomic E-state index is 12.3. The first-order valence-corrected chi connectivity index (χ1v) is 8.07. The Bertz CT molecular complexity index is 533. The smallest absolute Gasteiger partial charge is 0.251 e. The Hall–Kier alpha value is -1.44. The summed E-state index contributed by atoms with van der Waals surface area (Å²) in [6.45, 7) is -0.173. The second kappa shape index (κ2) is 7.37. The van der Waals surface area contributed by atoms with Crippen LogP contribution < -0.4 is 5.32 Å². The lowest BCUT2D eigenvalue weighted by molar-refractivity contribution is 0.0938. The van der Waals surface area contributed by atoms with Crippen molar-refractivity contribution >= 4 is 17.7 Å². The van der Waals surface area contributed by atoms with Gasteiger partial charge in [-0.05, 0) is 37.3 Å². The first-order valence-electron chi connectivity index (χ1n) is 6.78. The number of carbonyl (C=O) groups is 1. The van der Waals surface area contributed by atoms with Crippen LogP contribution in [0, 0.1) is 11.8 Å². The van der Waals surface area contributed by atoms with Crippen molar-refractivity contribution < 1.29 is 9.90 Å². The van der Waals surface area contributed by atoms with Crippen LogP contribution in [0.3, 0.4) is 0 Å². The molecule has 1 fully saturated rings. The van der Waals surface area contributed by atoms with Gasteiger partial charge in [-0.3, -0.25) is 4.79 Å². The fraction of sp³-hybridized carbons (Fsp3) is 0.438. The summed E-state index contributed by atoms with van der Waals surface area (Å²) in [5, 5.41) is 12.3. The summed E-state index contributed by atoms with van der Waals surface area (Å²) >= 11 is 1.83. The molecule has 2 unspecified atom stereocenters. The van der Waals surface area contributed by atoms with Gasteiger partial charge in [0.05, 0.1) is 0 Å². The Morgan fingerprint density at radius 3 is 3.10 bits per heavy atom. The zero-order valence-corrected chi connectivity index (χ0v) is 12.4. The number of nitrogens with one attached hydrogen (secondary N) is 1. The van der Waals surface area contributed by atoms with Crippen LogP contribution in [0.25, 0.3) is 0 Å². The van der Waals surface area contributed by atoms with Gasteiger partial charge in [-0.25, -0.2) is 0 Å². The van der Waals surface area contributed by atoms with Crippen LogP contribution in [0.15, 0.2) is 24.3 Å². The van der Waals surface area contributed by atoms with Crippen LogP contribution in [0.2, 0.25) is 0 Å². The molecule has 0 aliphatic heterocycles. The molecule has 4 heteroatoms. The van der Waals surface area contributed by atoms with E-state index in [4.69, 9.17) is 5.11 Å². The second-order valence-electron chi connectivity index (χ2n) is 4.83. The summed E-state index contributed by atoms with van der Waals surface area (Å²) in [5.74, 6) is 5.37. The molecule has 2 atom stereocenters. The predicted octanol–water partition coefficient (Wildman–Crippen LogP) is 2.04. The van der Waals surface area contributed by atoms with Gasteiger partial charge >= 0.3 is 0 Å². The van der Waals surface area contributed by atoms with Crippen molar-refractivity contribution in [2.24, 2.45) is 0 Å². The third-order valence-corrected chi connectivity index (χ3v) is 4.68. The monoisotopic (exact) mass is 289 g/mol. The fourth-order valence-electron chi connectivity index (χ4n) is 2.50. The van der Waals surface area contributed by atoms with E-state index in [1.807, 2.05) is 23.9 Å². The number of hydrogen-bond acceptors (Lipinski definition) is 3. The van der Waals surface area contributed by atoms with E-state index < -0.39 is 0 Å². The standard InChI is InChI=1S/C16H19NO2S/c1-20-15-9-3-8-14(15)17-16(19)13-7-2-5-12(11-13)6-4-10-18/h2,5,7,11,14-15,18H,3,8-10H2,1H3,(H,17,19). The number of benzene rings is 1. The fourth-order valence-corrected chi connectivity index (χ4v) is 3.44. The van der Waals surface area contributed by atoms with Crippen LogP contribution in [-0.2, 0) is 0 Å². The highest BCUT2D eigenvalue weighted by Gasteiger charge is 2.27. The lowest BCUT2D eigenvalue weighted by atomic mass is 10.1. The minimum Gasteiger partial charge on any atom is -0.384 e. The van der Waals surface area contributed by atoms with Gasteiger partial charge in [-0.15, -0.1) is 0 Å². The van der Waals surface area contributed by atoms with Gasteiger partial charge in [-0.2, -0.15) is 11.8 Å². The van der Waals surface area contributed by atoms with Gasteiger partial charge in [0.15, 0.2) is 0 Å². The number of thioether (sulfide) groups is 1. The highest BCUT2D eigenvalue weighted by Crippen LogP contribution is 2.28. The van der Waals surface area contributed by atoms with Crippen molar-refractivity contribution in [1.82, 2.24) is 5.32 Å². The number of aliphatic hydroxyl groups is 1. The molecule has 0 heterocycles. The summed E-state index contributed by atoms with van der Waals surface area (Å²) in [7, 11) is 0. The molecule has 1 saturated carbocycles. The Balaban J connectivity index is 2.05. The van der Waals surface area contributed by atoms with Gasteiger partial charge in [0.25, 0.3) is 5.91 Å². The van der Waals surface area contributed by atoms with Gasteiger partial charge in [-0.1, -0.05) is 24.3 Å². The topological polar surface area (TPSA) is 49.3 Å². The van der Waals surface area contributed by atoms with Crippen molar-refractivity contribution in [2.45, 2.75) is 30.6 Å². The molecule has 2 rings (SSSR count). The molecular formula is C16H19NO2S. The zero-order chi connectivity index (χ0) is 14.4. The van der Waals surface area contributed by atoms with Crippen molar-refractivity contribution in [1.29, 1.82) is 0 Å². The number of rotatable bonds is 3. The van der Waals surface area contributed by atoms with E-state index in [1.165, 1.54) is 12.8 Å². The molecule has 0 spiro atoms. The quantitative estimate of drug-likeness (QED) is 0.837. The van der Waals surface area contributed by atoms with Crippen LogP contribution in [0.4, 0.5) is 0 Å². The number of carbonyl (C=O) groups excluding carboxylic acids is 1. The van der Waals surface area contributed by atoms with Crippen molar-refractivity contribution in [3.8, 4) is 11.8 Å². The lowest BCUT2D eigenvalue weighted by Crippen LogP contribution is -2.38. The Morgan fingerprint density at radius 1 is 1.50 bits per heavy atom. The second-order valence-corrected chi connectivity index (χ2v) is 5.90. The van der Waals surface area contributed by atoms with E-state index in [9.17, 15) is 4.79 Å². The molecule has 1 aromatic rings. The third-order valence-electron chi connectivity index (χ3n) is 3.51. The number of amides is 1. The minimum atomic E-state index is -0.173. The average molecular weight is 289 g/mol. The summed E-state index contributed by atoms with van der Waals surface area (Å²) in [6, 6.07) is 7.48. The largest absolute Gasteiger partial charge is 0.384 e. The van der Waals surface area contributed by atoms with E-state index in [0.717, 1.165) is 12.0 Å². The summed E-state index contributed by atoms with van der Waals surface area (Å²) in [6.07, 6.45) is 5.51. The molecule has 1 aliphatic carbocycles. The zero-order valence-electron chi connectivity index (χ0n) is 11.6. The van der Waals surface area contributed by atoms with Crippen molar-refractivity contribution in [3.63, 3.8) is 0 Å². The number of aliphatic hydroxyl groups excluding tert-OH is 1. The lowest BCUT2D eigenvalue weighted by Gasteiger charge is -2.19. The first kappa shape index (κ1) is 15.0. The van der Waals surface area contributed by atoms with Crippen LogP contribution in [0.1, 0.15) is 35.2 Å². The minimum absolute atomic E-state index is 0.0383. The van der Waals surface area contributed by atoms with Gasteiger partial charge < -0.3 is 10.4 Å². The maximum Gasteiger partial charge on any atom is 0.251 e. The third kappa shape index (κ3) is 3.78. The van der Waals surface area contributed by atoms with Crippen LogP contribution >= 0.6 is 11.8 Å². The molecule has 106 valence electrons. The number of hydrogen-bond donors (Lipinski definition) is 2. The molecule has 2 N–H and O–H groups in total. The molecular weight excluding hydrogens is 270 g/mol. The maximum atomic E-state index is 12.3. The Kier molecular flexibility index (Phi) is 5.51. The van der Waals surface area contributed by atoms with Crippen molar-refractivity contribution in [2.75, 3.05) is 12.9 Å². The van der Waals surface area contributed by atoms with Gasteiger partial charge in [0.1, 0.15) is 6.61 Å². The summed E-state index contributed by atoms with van der Waals surface area (Å²) in [5.41, 5.74) is 1.38. The molecule has 0 bridgehead atoms. The molecule has 0 radical (unpaired) electrons. The van der Waals surface area contributed by atoms with E-state index in [-0.39, 0.29) is 18.6 Å². The summed E-state index contributed by atoms with van der Waals surface area (Å²) < 4.78 is 0. The Labute approximate surface area is 124 Å². The van der Waals surface area contributed by atoms with E-state index in [0.29, 0.717) is 10.8 Å². The highest BCUT2D eigenvalue weighted by molar-refractivity contribution is 7.99. The normalized spacial score (nSPS) is 21.1. The van der Waals surface area contributed by atoms with Gasteiger partial charge in [0, 0.05) is 22.4 Å². The molecule has 3 nitrogen and oxygen atoms in total. The molecule has 1 amide bonds. The summed E-state index contributed by atoms with van der Waals surface area (Å²) in [4.78, 5) is 12.3. The van der Waals surface area contributed by atoms with Crippen molar-refractivity contribution in [3.05, 3.63) is 35.4 Å². The van der Waals surface area contributed by atoms with E-state index in [2.05, 4.69) is 23.4 Å². The molecule has 0 saturated heterocycles. The van der Waals surface area contributed by atoms with Gasteiger partial charge in [0.2, 0.25) is 0 Å².